The third-order valence-corrected chi connectivity index (χ3v) is 4.16. The fourth-order valence-electron chi connectivity index (χ4n) is 2.75. The van der Waals surface area contributed by atoms with E-state index in [1.807, 2.05) is 20.8 Å². The fourth-order valence-corrected chi connectivity index (χ4v) is 2.75. The lowest BCUT2D eigenvalue weighted by molar-refractivity contribution is -0.144. The van der Waals surface area contributed by atoms with E-state index in [2.05, 4.69) is 23.5 Å². The number of amides is 2. The summed E-state index contributed by atoms with van der Waals surface area (Å²) in [4.78, 5) is 25.4. The Morgan fingerprint density at radius 2 is 2.13 bits per heavy atom. The maximum Gasteiger partial charge on any atom is 0.242 e. The van der Waals surface area contributed by atoms with Crippen LogP contribution in [0.3, 0.4) is 0 Å². The summed E-state index contributed by atoms with van der Waals surface area (Å²) in [5, 5.41) is 2.53. The Labute approximate surface area is 137 Å². The number of nitrogens with one attached hydrogen (secondary N) is 1. The minimum absolute atomic E-state index is 0.0151. The van der Waals surface area contributed by atoms with E-state index in [4.69, 9.17) is 10.5 Å². The van der Waals surface area contributed by atoms with E-state index >= 15 is 0 Å². The Hall–Kier alpha value is -1.92. The molecule has 0 radical (unpaired) electrons. The van der Waals surface area contributed by atoms with Gasteiger partial charge in [0.1, 0.15) is 6.10 Å². The van der Waals surface area contributed by atoms with Gasteiger partial charge < -0.3 is 20.7 Å². The van der Waals surface area contributed by atoms with Crippen LogP contribution < -0.4 is 11.1 Å². The second-order valence-corrected chi connectivity index (χ2v) is 6.06. The van der Waals surface area contributed by atoms with Crippen LogP contribution in [-0.4, -0.2) is 49.0 Å². The number of nitrogens with two attached hydrogens (primary N) is 1. The van der Waals surface area contributed by atoms with Crippen LogP contribution in [0.5, 0.6) is 0 Å². The van der Waals surface area contributed by atoms with Gasteiger partial charge in [0, 0.05) is 0 Å². The van der Waals surface area contributed by atoms with E-state index in [0.29, 0.717) is 13.2 Å². The van der Waals surface area contributed by atoms with Gasteiger partial charge in [0.2, 0.25) is 11.8 Å². The quantitative estimate of drug-likeness (QED) is 0.854. The van der Waals surface area contributed by atoms with Crippen molar-refractivity contribution in [1.82, 2.24) is 10.2 Å². The van der Waals surface area contributed by atoms with Crippen molar-refractivity contribution >= 4 is 11.8 Å². The largest absolute Gasteiger partial charge is 0.370 e. The second-order valence-electron chi connectivity index (χ2n) is 6.06. The molecule has 0 aromatic heterocycles. The summed E-state index contributed by atoms with van der Waals surface area (Å²) < 4.78 is 5.94. The van der Waals surface area contributed by atoms with E-state index in [1.165, 1.54) is 5.56 Å². The van der Waals surface area contributed by atoms with Crippen molar-refractivity contribution < 1.29 is 14.3 Å². The summed E-state index contributed by atoms with van der Waals surface area (Å²) in [6, 6.07) is 6.23. The van der Waals surface area contributed by atoms with Crippen molar-refractivity contribution in [2.24, 2.45) is 5.73 Å². The number of hydrogen-bond acceptors (Lipinski definition) is 4. The maximum absolute atomic E-state index is 12.4. The van der Waals surface area contributed by atoms with Crippen molar-refractivity contribution in [2.45, 2.75) is 32.9 Å². The summed E-state index contributed by atoms with van der Waals surface area (Å²) in [5.74, 6) is -0.441. The van der Waals surface area contributed by atoms with Gasteiger partial charge in [-0.2, -0.15) is 0 Å². The molecule has 3 N–H and O–H groups in total. The van der Waals surface area contributed by atoms with Gasteiger partial charge in [-0.15, -0.1) is 0 Å². The highest BCUT2D eigenvalue weighted by Gasteiger charge is 2.31. The SMILES string of the molecule is Cc1ccc(C)c(C2CN(C(=O)CNC(=O)CN)C(C)CO2)c1. The van der Waals surface area contributed by atoms with Crippen molar-refractivity contribution in [3.05, 3.63) is 34.9 Å². The normalized spacial score (nSPS) is 21.1. The zero-order valence-corrected chi connectivity index (χ0v) is 14.0. The molecule has 0 bridgehead atoms. The molecule has 1 aliphatic rings. The Balaban J connectivity index is 2.08. The number of aryl methyl sites for hydroxylation is 2. The standard InChI is InChI=1S/C17H25N3O3/c1-11-4-5-12(2)14(6-11)15-9-20(13(3)10-23-15)17(22)8-19-16(21)7-18/h4-6,13,15H,7-10,18H2,1-3H3,(H,19,21). The molecule has 23 heavy (non-hydrogen) atoms. The number of carbonyl (C=O) groups excluding carboxylic acids is 2. The number of morpholine rings is 1. The van der Waals surface area contributed by atoms with Crippen LogP contribution in [0.25, 0.3) is 0 Å². The van der Waals surface area contributed by atoms with Gasteiger partial charge in [0.05, 0.1) is 32.3 Å². The molecule has 2 unspecified atom stereocenters. The minimum Gasteiger partial charge on any atom is -0.370 e. The first-order valence-electron chi connectivity index (χ1n) is 7.87. The molecule has 1 fully saturated rings. The van der Waals surface area contributed by atoms with E-state index < -0.39 is 0 Å². The van der Waals surface area contributed by atoms with Gasteiger partial charge in [-0.05, 0) is 31.9 Å². The molecule has 0 saturated carbocycles. The van der Waals surface area contributed by atoms with Gasteiger partial charge >= 0.3 is 0 Å². The summed E-state index contributed by atoms with van der Waals surface area (Å²) in [6.45, 7) is 6.86. The second kappa shape index (κ2) is 7.57. The molecule has 2 atom stereocenters. The number of carbonyl (C=O) groups is 2. The van der Waals surface area contributed by atoms with Crippen molar-refractivity contribution in [3.8, 4) is 0 Å². The predicted molar refractivity (Wildman–Crippen MR) is 87.8 cm³/mol. The molecule has 126 valence electrons. The summed E-state index contributed by atoms with van der Waals surface area (Å²) in [6.07, 6.45) is -0.139. The van der Waals surface area contributed by atoms with Crippen LogP contribution >= 0.6 is 0 Å². The molecule has 1 heterocycles. The molecule has 6 heteroatoms. The molecule has 0 aliphatic carbocycles. The number of rotatable bonds is 4. The molecule has 1 aliphatic heterocycles. The number of hydrogen-bond donors (Lipinski definition) is 2. The molecule has 1 aromatic rings. The van der Waals surface area contributed by atoms with Crippen LogP contribution in [0.1, 0.15) is 29.7 Å². The molecular formula is C17H25N3O3. The zero-order valence-electron chi connectivity index (χ0n) is 14.0. The average molecular weight is 319 g/mol. The van der Waals surface area contributed by atoms with Crippen LogP contribution in [0.15, 0.2) is 18.2 Å². The van der Waals surface area contributed by atoms with E-state index in [9.17, 15) is 9.59 Å². The molecule has 1 saturated heterocycles. The van der Waals surface area contributed by atoms with Gasteiger partial charge in [-0.1, -0.05) is 23.8 Å². The number of benzene rings is 1. The molecule has 2 rings (SSSR count). The molecule has 0 spiro atoms. The average Bonchev–Trinajstić information content (AvgIpc) is 2.55. The zero-order chi connectivity index (χ0) is 17.0. The Morgan fingerprint density at radius 1 is 1.39 bits per heavy atom. The van der Waals surface area contributed by atoms with Gasteiger partial charge in [0.15, 0.2) is 0 Å². The van der Waals surface area contributed by atoms with Gasteiger partial charge in [-0.3, -0.25) is 9.59 Å². The van der Waals surface area contributed by atoms with Crippen LogP contribution in [0.2, 0.25) is 0 Å². The number of ether oxygens (including phenoxy) is 1. The maximum atomic E-state index is 12.4. The third kappa shape index (κ3) is 4.30. The van der Waals surface area contributed by atoms with Crippen LogP contribution in [0.4, 0.5) is 0 Å². The summed E-state index contributed by atoms with van der Waals surface area (Å²) in [7, 11) is 0. The Bertz CT molecular complexity index is 588. The molecular weight excluding hydrogens is 294 g/mol. The third-order valence-electron chi connectivity index (χ3n) is 4.16. The van der Waals surface area contributed by atoms with Crippen molar-refractivity contribution in [2.75, 3.05) is 26.2 Å². The minimum atomic E-state index is -0.328. The van der Waals surface area contributed by atoms with E-state index in [0.717, 1.165) is 11.1 Å². The predicted octanol–water partition coefficient (Wildman–Crippen LogP) is 0.667. The highest BCUT2D eigenvalue weighted by atomic mass is 16.5. The first-order valence-corrected chi connectivity index (χ1v) is 7.87. The Kier molecular flexibility index (Phi) is 5.74. The first-order chi connectivity index (χ1) is 10.9. The summed E-state index contributed by atoms with van der Waals surface area (Å²) in [5.41, 5.74) is 8.67. The van der Waals surface area contributed by atoms with E-state index in [-0.39, 0.29) is 37.0 Å². The lowest BCUT2D eigenvalue weighted by Crippen LogP contribution is -2.51. The topological polar surface area (TPSA) is 84.7 Å². The highest BCUT2D eigenvalue weighted by molar-refractivity contribution is 5.85. The Morgan fingerprint density at radius 3 is 2.83 bits per heavy atom. The van der Waals surface area contributed by atoms with Crippen molar-refractivity contribution in [3.63, 3.8) is 0 Å². The van der Waals surface area contributed by atoms with Gasteiger partial charge in [0.25, 0.3) is 0 Å². The fraction of sp³-hybridized carbons (Fsp3) is 0.529. The van der Waals surface area contributed by atoms with Crippen molar-refractivity contribution in [1.29, 1.82) is 0 Å². The smallest absolute Gasteiger partial charge is 0.242 e. The van der Waals surface area contributed by atoms with E-state index in [1.54, 1.807) is 4.90 Å². The van der Waals surface area contributed by atoms with Crippen LogP contribution in [0, 0.1) is 13.8 Å². The molecule has 1 aromatic carbocycles. The lowest BCUT2D eigenvalue weighted by Gasteiger charge is -2.38. The molecule has 2 amide bonds. The number of nitrogens with zero attached hydrogens (tertiary/aromatic N) is 1. The van der Waals surface area contributed by atoms with Gasteiger partial charge in [-0.25, -0.2) is 0 Å². The molecule has 6 nitrogen and oxygen atoms in total. The highest BCUT2D eigenvalue weighted by Crippen LogP contribution is 2.28. The summed E-state index contributed by atoms with van der Waals surface area (Å²) >= 11 is 0. The monoisotopic (exact) mass is 319 g/mol. The van der Waals surface area contributed by atoms with Crippen LogP contribution in [-0.2, 0) is 14.3 Å². The lowest BCUT2D eigenvalue weighted by atomic mass is 9.99. The first kappa shape index (κ1) is 17.4.